The van der Waals surface area contributed by atoms with Gasteiger partial charge in [0.2, 0.25) is 0 Å². The van der Waals surface area contributed by atoms with E-state index in [1.807, 2.05) is 0 Å². The molecule has 14 heavy (non-hydrogen) atoms. The molecule has 76 valence electrons. The quantitative estimate of drug-likeness (QED) is 0.435. The lowest BCUT2D eigenvalue weighted by Crippen LogP contribution is -2.17. The van der Waals surface area contributed by atoms with Crippen molar-refractivity contribution in [2.45, 2.75) is 13.0 Å². The standard InChI is InChI=1S/C8H9NO4S/c1-6(10)13-4-8(9(11)12)7-2-3-14-5-7/h2-3,5,8H,4H2,1H3. The molecule has 0 aromatic carbocycles. The zero-order valence-corrected chi connectivity index (χ0v) is 8.32. The summed E-state index contributed by atoms with van der Waals surface area (Å²) in [5.41, 5.74) is 0.571. The number of hydrogen-bond acceptors (Lipinski definition) is 5. The predicted molar refractivity (Wildman–Crippen MR) is 50.7 cm³/mol. The minimum absolute atomic E-state index is 0.209. The molecule has 1 heterocycles. The molecule has 1 aromatic rings. The minimum atomic E-state index is -0.954. The van der Waals surface area contributed by atoms with Gasteiger partial charge in [-0.2, -0.15) is 11.3 Å². The highest BCUT2D eigenvalue weighted by atomic mass is 32.1. The fraction of sp³-hybridized carbons (Fsp3) is 0.375. The first kappa shape index (κ1) is 10.6. The molecule has 1 unspecified atom stereocenters. The summed E-state index contributed by atoms with van der Waals surface area (Å²) in [4.78, 5) is 20.7. The SMILES string of the molecule is CC(=O)OCC(c1ccsc1)[N+](=O)[O-]. The van der Waals surface area contributed by atoms with Crippen molar-refractivity contribution in [3.05, 3.63) is 32.5 Å². The minimum Gasteiger partial charge on any atom is -0.458 e. The van der Waals surface area contributed by atoms with Crippen LogP contribution in [0, 0.1) is 10.1 Å². The number of esters is 1. The average molecular weight is 215 g/mol. The van der Waals surface area contributed by atoms with Gasteiger partial charge in [0, 0.05) is 22.8 Å². The molecule has 0 fully saturated rings. The van der Waals surface area contributed by atoms with Crippen LogP contribution in [0.15, 0.2) is 16.8 Å². The number of thiophene rings is 1. The van der Waals surface area contributed by atoms with E-state index in [0.717, 1.165) is 0 Å². The molecule has 0 aliphatic rings. The summed E-state index contributed by atoms with van der Waals surface area (Å²) in [6, 6.07) is 0.701. The molecule has 6 heteroatoms. The number of nitro groups is 1. The maximum absolute atomic E-state index is 10.6. The van der Waals surface area contributed by atoms with Crippen LogP contribution >= 0.6 is 11.3 Å². The van der Waals surface area contributed by atoms with Gasteiger partial charge in [-0.15, -0.1) is 0 Å². The van der Waals surface area contributed by atoms with Crippen molar-refractivity contribution in [1.29, 1.82) is 0 Å². The van der Waals surface area contributed by atoms with Gasteiger partial charge in [-0.25, -0.2) is 0 Å². The fourth-order valence-electron chi connectivity index (χ4n) is 0.940. The highest BCUT2D eigenvalue weighted by molar-refractivity contribution is 7.07. The number of carbonyl (C=O) groups excluding carboxylic acids is 1. The maximum atomic E-state index is 10.6. The first-order valence-electron chi connectivity index (χ1n) is 3.90. The Morgan fingerprint density at radius 2 is 2.50 bits per heavy atom. The second-order valence-electron chi connectivity index (χ2n) is 2.66. The zero-order valence-electron chi connectivity index (χ0n) is 7.50. The van der Waals surface area contributed by atoms with Gasteiger partial charge in [0.1, 0.15) is 0 Å². The van der Waals surface area contributed by atoms with E-state index in [4.69, 9.17) is 0 Å². The topological polar surface area (TPSA) is 69.4 Å². The van der Waals surface area contributed by atoms with Gasteiger partial charge in [-0.1, -0.05) is 0 Å². The van der Waals surface area contributed by atoms with Gasteiger partial charge < -0.3 is 4.74 Å². The Balaban J connectivity index is 2.66. The summed E-state index contributed by atoms with van der Waals surface area (Å²) >= 11 is 1.37. The predicted octanol–water partition coefficient (Wildman–Crippen LogP) is 1.63. The first-order valence-corrected chi connectivity index (χ1v) is 4.84. The lowest BCUT2D eigenvalue weighted by Gasteiger charge is -2.07. The van der Waals surface area contributed by atoms with Crippen LogP contribution < -0.4 is 0 Å². The number of nitrogens with zero attached hydrogens (tertiary/aromatic N) is 1. The van der Waals surface area contributed by atoms with Crippen molar-refractivity contribution >= 4 is 17.3 Å². The van der Waals surface area contributed by atoms with Crippen LogP contribution in [-0.4, -0.2) is 17.5 Å². The molecule has 0 N–H and O–H groups in total. The molecule has 0 aliphatic carbocycles. The molecule has 0 amide bonds. The first-order chi connectivity index (χ1) is 6.61. The van der Waals surface area contributed by atoms with Crippen LogP contribution in [0.1, 0.15) is 18.5 Å². The van der Waals surface area contributed by atoms with E-state index in [2.05, 4.69) is 4.74 Å². The summed E-state index contributed by atoms with van der Waals surface area (Å²) in [5.74, 6) is -0.507. The Kier molecular flexibility index (Phi) is 3.58. The third-order valence-electron chi connectivity index (χ3n) is 1.63. The third kappa shape index (κ3) is 2.81. The molecule has 1 atom stereocenters. The van der Waals surface area contributed by atoms with Crippen LogP contribution in [0.5, 0.6) is 0 Å². The summed E-state index contributed by atoms with van der Waals surface area (Å²) in [6.07, 6.45) is 0. The summed E-state index contributed by atoms with van der Waals surface area (Å²) in [7, 11) is 0. The molecule has 0 spiro atoms. The zero-order chi connectivity index (χ0) is 10.6. The monoisotopic (exact) mass is 215 g/mol. The fourth-order valence-corrected chi connectivity index (χ4v) is 1.65. The molecule has 1 rings (SSSR count). The number of ether oxygens (including phenoxy) is 1. The van der Waals surface area contributed by atoms with Crippen molar-refractivity contribution in [2.75, 3.05) is 6.61 Å². The number of carbonyl (C=O) groups is 1. The number of rotatable bonds is 4. The summed E-state index contributed by atoms with van der Waals surface area (Å²) < 4.78 is 4.61. The van der Waals surface area contributed by atoms with Gasteiger partial charge in [0.15, 0.2) is 6.61 Å². The van der Waals surface area contributed by atoms with Gasteiger partial charge in [0.05, 0.1) is 0 Å². The second-order valence-corrected chi connectivity index (χ2v) is 3.44. The van der Waals surface area contributed by atoms with Gasteiger partial charge in [-0.05, 0) is 11.4 Å². The Morgan fingerprint density at radius 1 is 1.79 bits per heavy atom. The Morgan fingerprint density at radius 3 is 2.93 bits per heavy atom. The Labute approximate surface area is 84.5 Å². The highest BCUT2D eigenvalue weighted by Gasteiger charge is 2.24. The van der Waals surface area contributed by atoms with E-state index in [1.54, 1.807) is 16.8 Å². The van der Waals surface area contributed by atoms with Crippen LogP contribution in [0.2, 0.25) is 0 Å². The summed E-state index contributed by atoms with van der Waals surface area (Å²) in [6.45, 7) is 1.02. The van der Waals surface area contributed by atoms with Crippen LogP contribution in [-0.2, 0) is 9.53 Å². The lowest BCUT2D eigenvalue weighted by molar-refractivity contribution is -0.532. The lowest BCUT2D eigenvalue weighted by atomic mass is 10.2. The van der Waals surface area contributed by atoms with E-state index in [-0.39, 0.29) is 6.61 Å². The maximum Gasteiger partial charge on any atom is 0.302 e. The van der Waals surface area contributed by atoms with Crippen molar-refractivity contribution in [3.63, 3.8) is 0 Å². The smallest absolute Gasteiger partial charge is 0.302 e. The third-order valence-corrected chi connectivity index (χ3v) is 2.33. The van der Waals surface area contributed by atoms with E-state index in [0.29, 0.717) is 5.56 Å². The average Bonchev–Trinajstić information content (AvgIpc) is 2.56. The van der Waals surface area contributed by atoms with E-state index >= 15 is 0 Å². The van der Waals surface area contributed by atoms with Crippen molar-refractivity contribution in [3.8, 4) is 0 Å². The summed E-state index contributed by atoms with van der Waals surface area (Å²) in [5, 5.41) is 14.1. The molecule has 0 bridgehead atoms. The van der Waals surface area contributed by atoms with Gasteiger partial charge >= 0.3 is 5.97 Å². The van der Waals surface area contributed by atoms with Crippen molar-refractivity contribution in [2.24, 2.45) is 0 Å². The van der Waals surface area contributed by atoms with E-state index < -0.39 is 16.9 Å². The van der Waals surface area contributed by atoms with Gasteiger partial charge in [-0.3, -0.25) is 14.9 Å². The van der Waals surface area contributed by atoms with Crippen LogP contribution in [0.25, 0.3) is 0 Å². The normalized spacial score (nSPS) is 12.1. The molecule has 0 saturated heterocycles. The Hall–Kier alpha value is -1.43. The van der Waals surface area contributed by atoms with Crippen molar-refractivity contribution in [1.82, 2.24) is 0 Å². The highest BCUT2D eigenvalue weighted by Crippen LogP contribution is 2.19. The Bertz CT molecular complexity index is 322. The van der Waals surface area contributed by atoms with E-state index in [1.165, 1.54) is 18.3 Å². The van der Waals surface area contributed by atoms with E-state index in [9.17, 15) is 14.9 Å². The molecular formula is C8H9NO4S. The van der Waals surface area contributed by atoms with Gasteiger partial charge in [0.25, 0.3) is 6.04 Å². The van der Waals surface area contributed by atoms with Crippen molar-refractivity contribution < 1.29 is 14.5 Å². The molecule has 0 saturated carbocycles. The second kappa shape index (κ2) is 4.71. The molecule has 5 nitrogen and oxygen atoms in total. The molecule has 0 radical (unpaired) electrons. The largest absolute Gasteiger partial charge is 0.458 e. The number of hydrogen-bond donors (Lipinski definition) is 0. The molecular weight excluding hydrogens is 206 g/mol. The van der Waals surface area contributed by atoms with Crippen LogP contribution in [0.4, 0.5) is 0 Å². The molecule has 0 aliphatic heterocycles. The van der Waals surface area contributed by atoms with Crippen LogP contribution in [0.3, 0.4) is 0 Å². The molecule has 1 aromatic heterocycles.